The molecule has 0 unspecified atom stereocenters. The number of rotatable bonds is 10. The number of hydrogen-bond acceptors (Lipinski definition) is 4. The number of aromatic nitrogens is 2. The summed E-state index contributed by atoms with van der Waals surface area (Å²) >= 11 is 0. The Balaban J connectivity index is 1.54. The minimum Gasteiger partial charge on any atom is -0.392 e. The van der Waals surface area contributed by atoms with Crippen molar-refractivity contribution < 1.29 is 9.90 Å². The summed E-state index contributed by atoms with van der Waals surface area (Å²) in [7, 11) is 5.95. The van der Waals surface area contributed by atoms with Crippen molar-refractivity contribution in [2.45, 2.75) is 39.2 Å². The second-order valence-electron chi connectivity index (χ2n) is 10.3. The van der Waals surface area contributed by atoms with Gasteiger partial charge in [0.05, 0.1) is 6.10 Å². The molecule has 0 aliphatic carbocycles. The molecule has 2 aromatic carbocycles. The largest absolute Gasteiger partial charge is 0.392 e. The second kappa shape index (κ2) is 11.7. The molecular formula is C31H38N4O2. The van der Waals surface area contributed by atoms with E-state index in [2.05, 4.69) is 60.2 Å². The summed E-state index contributed by atoms with van der Waals surface area (Å²) in [5, 5.41) is 10.6. The van der Waals surface area contributed by atoms with Gasteiger partial charge in [0.2, 0.25) is 0 Å². The lowest BCUT2D eigenvalue weighted by Crippen LogP contribution is -2.32. The molecule has 0 aliphatic heterocycles. The smallest absolute Gasteiger partial charge is 0.253 e. The van der Waals surface area contributed by atoms with Gasteiger partial charge in [-0.2, -0.15) is 0 Å². The summed E-state index contributed by atoms with van der Waals surface area (Å²) in [6.07, 6.45) is 6.84. The number of aliphatic hydroxyl groups is 1. The molecule has 6 heteroatoms. The summed E-state index contributed by atoms with van der Waals surface area (Å²) in [6.45, 7) is 5.30. The highest BCUT2D eigenvalue weighted by molar-refractivity contribution is 5.98. The number of hydrogen-bond donors (Lipinski definition) is 2. The molecule has 4 rings (SSSR count). The van der Waals surface area contributed by atoms with Crippen LogP contribution in [0.25, 0.3) is 33.3 Å². The molecule has 2 aromatic heterocycles. The molecule has 0 fully saturated rings. The average Bonchev–Trinajstić information content (AvgIpc) is 3.29. The lowest BCUT2D eigenvalue weighted by molar-refractivity contribution is 0.0703. The number of aliphatic hydroxyl groups excluding tert-OH is 1. The van der Waals surface area contributed by atoms with Crippen LogP contribution in [0.2, 0.25) is 0 Å². The van der Waals surface area contributed by atoms with Crippen molar-refractivity contribution >= 4 is 16.9 Å². The minimum atomic E-state index is -0.561. The first kappa shape index (κ1) is 26.6. The monoisotopic (exact) mass is 498 g/mol. The highest BCUT2D eigenvalue weighted by Crippen LogP contribution is 2.32. The van der Waals surface area contributed by atoms with Gasteiger partial charge in [0.15, 0.2) is 0 Å². The number of pyridine rings is 1. The van der Waals surface area contributed by atoms with Crippen LogP contribution in [0.1, 0.15) is 41.3 Å². The molecule has 0 aliphatic rings. The summed E-state index contributed by atoms with van der Waals surface area (Å²) in [5.74, 6) is -0.105. The maximum absolute atomic E-state index is 12.6. The Hall–Kier alpha value is -3.48. The fourth-order valence-electron chi connectivity index (χ4n) is 4.79. The number of nitrogens with one attached hydrogen (secondary N) is 1. The molecule has 0 spiro atoms. The topological polar surface area (TPSA) is 72.5 Å². The van der Waals surface area contributed by atoms with E-state index in [1.807, 2.05) is 36.7 Å². The van der Waals surface area contributed by atoms with E-state index in [1.54, 1.807) is 18.9 Å². The molecule has 4 aromatic rings. The molecule has 0 saturated carbocycles. The molecule has 0 saturated heterocycles. The van der Waals surface area contributed by atoms with E-state index in [-0.39, 0.29) is 5.91 Å². The first-order valence-electron chi connectivity index (χ1n) is 13.0. The van der Waals surface area contributed by atoms with E-state index in [9.17, 15) is 9.90 Å². The molecular weight excluding hydrogens is 460 g/mol. The lowest BCUT2D eigenvalue weighted by atomic mass is 9.96. The number of aromatic amines is 1. The molecule has 0 bridgehead atoms. The molecule has 6 nitrogen and oxygen atoms in total. The molecule has 37 heavy (non-hydrogen) atoms. The zero-order chi connectivity index (χ0) is 26.5. The van der Waals surface area contributed by atoms with Gasteiger partial charge in [-0.05, 0) is 94.2 Å². The van der Waals surface area contributed by atoms with Crippen LogP contribution in [-0.4, -0.2) is 71.1 Å². The van der Waals surface area contributed by atoms with Crippen molar-refractivity contribution in [2.24, 2.45) is 0 Å². The van der Waals surface area contributed by atoms with Gasteiger partial charge in [-0.1, -0.05) is 30.3 Å². The average molecular weight is 499 g/mol. The number of unbranched alkanes of at least 4 members (excludes halogenated alkanes) is 1. The number of likely N-dealkylation sites (N-methyl/N-ethyl adjacent to an activating group) is 1. The first-order chi connectivity index (χ1) is 17.7. The van der Waals surface area contributed by atoms with Crippen LogP contribution in [0.4, 0.5) is 0 Å². The normalized spacial score (nSPS) is 12.3. The Morgan fingerprint density at radius 2 is 1.73 bits per heavy atom. The predicted molar refractivity (Wildman–Crippen MR) is 152 cm³/mol. The Morgan fingerprint density at radius 3 is 2.41 bits per heavy atom. The maximum atomic E-state index is 12.6. The van der Waals surface area contributed by atoms with E-state index in [4.69, 9.17) is 0 Å². The Kier molecular flexibility index (Phi) is 8.41. The van der Waals surface area contributed by atoms with Gasteiger partial charge in [-0.15, -0.1) is 0 Å². The third kappa shape index (κ3) is 6.45. The van der Waals surface area contributed by atoms with Crippen molar-refractivity contribution in [1.82, 2.24) is 19.8 Å². The fraction of sp³-hybridized carbons (Fsp3) is 0.355. The first-order valence-corrected chi connectivity index (χ1v) is 13.0. The highest BCUT2D eigenvalue weighted by atomic mass is 16.3. The van der Waals surface area contributed by atoms with Gasteiger partial charge in [0.1, 0.15) is 5.65 Å². The maximum Gasteiger partial charge on any atom is 0.253 e. The highest BCUT2D eigenvalue weighted by Gasteiger charge is 2.15. The number of carbonyl (C=O) groups is 1. The third-order valence-corrected chi connectivity index (χ3v) is 6.84. The van der Waals surface area contributed by atoms with Crippen LogP contribution in [0, 0.1) is 6.92 Å². The zero-order valence-electron chi connectivity index (χ0n) is 22.6. The lowest BCUT2D eigenvalue weighted by Gasteiger charge is -2.18. The Labute approximate surface area is 220 Å². The van der Waals surface area contributed by atoms with E-state index >= 15 is 0 Å². The van der Waals surface area contributed by atoms with Crippen molar-refractivity contribution in [3.05, 3.63) is 77.6 Å². The van der Waals surface area contributed by atoms with Crippen LogP contribution >= 0.6 is 0 Å². The van der Waals surface area contributed by atoms with Crippen molar-refractivity contribution in [2.75, 3.05) is 34.2 Å². The van der Waals surface area contributed by atoms with E-state index in [0.29, 0.717) is 12.1 Å². The van der Waals surface area contributed by atoms with Crippen molar-refractivity contribution in [1.29, 1.82) is 0 Å². The third-order valence-electron chi connectivity index (χ3n) is 6.84. The number of nitrogens with zero attached hydrogens (tertiary/aromatic N) is 3. The van der Waals surface area contributed by atoms with Crippen LogP contribution in [-0.2, 0) is 6.42 Å². The summed E-state index contributed by atoms with van der Waals surface area (Å²) in [6, 6.07) is 16.5. The van der Waals surface area contributed by atoms with Crippen molar-refractivity contribution in [3.8, 4) is 22.3 Å². The molecule has 2 heterocycles. The van der Waals surface area contributed by atoms with E-state index < -0.39 is 6.10 Å². The molecule has 1 atom stereocenters. The fourth-order valence-corrected chi connectivity index (χ4v) is 4.79. The summed E-state index contributed by atoms with van der Waals surface area (Å²) in [4.78, 5) is 24.4. The minimum absolute atomic E-state index is 0.105. The van der Waals surface area contributed by atoms with Gasteiger partial charge >= 0.3 is 0 Å². The van der Waals surface area contributed by atoms with Gasteiger partial charge in [0, 0.05) is 48.1 Å². The molecule has 0 radical (unpaired) electrons. The Bertz CT molecular complexity index is 1360. The number of benzene rings is 2. The quantitative estimate of drug-likeness (QED) is 0.282. The second-order valence-corrected chi connectivity index (χ2v) is 10.3. The molecule has 194 valence electrons. The number of carbonyl (C=O) groups excluding carboxylic acids is 1. The Morgan fingerprint density at radius 1 is 1.00 bits per heavy atom. The van der Waals surface area contributed by atoms with Gasteiger partial charge in [-0.25, -0.2) is 4.98 Å². The van der Waals surface area contributed by atoms with Gasteiger partial charge < -0.3 is 19.9 Å². The van der Waals surface area contributed by atoms with E-state index in [0.717, 1.165) is 46.3 Å². The molecule has 2 N–H and O–H groups in total. The van der Waals surface area contributed by atoms with Crippen LogP contribution in [0.5, 0.6) is 0 Å². The number of H-pyrrole nitrogens is 1. The number of aryl methyl sites for hydroxylation is 2. The summed E-state index contributed by atoms with van der Waals surface area (Å²) in [5.41, 5.74) is 8.48. The van der Waals surface area contributed by atoms with Crippen LogP contribution in [0.15, 0.2) is 60.9 Å². The molecule has 1 amide bonds. The number of fused-ring (bicyclic) bond motifs is 1. The SMILES string of the molecule is Cc1cc(-c2cnc3[nH]cc(-c4ccc(C(=O)N(C)C[C@@H](C)O)cc4)c3c2)ccc1CCCCN(C)C. The van der Waals surface area contributed by atoms with E-state index in [1.165, 1.54) is 24.0 Å². The van der Waals surface area contributed by atoms with Gasteiger partial charge in [-0.3, -0.25) is 4.79 Å². The zero-order valence-corrected chi connectivity index (χ0v) is 22.6. The van der Waals surface area contributed by atoms with Gasteiger partial charge in [0.25, 0.3) is 5.91 Å². The van der Waals surface area contributed by atoms with Crippen molar-refractivity contribution in [3.63, 3.8) is 0 Å². The predicted octanol–water partition coefficient (Wildman–Crippen LogP) is 5.54. The van der Waals surface area contributed by atoms with Crippen LogP contribution in [0.3, 0.4) is 0 Å². The summed E-state index contributed by atoms with van der Waals surface area (Å²) < 4.78 is 0. The standard InChI is InChI=1S/C31H38N4O2/c1-21-16-26(14-9-23(21)8-6-7-15-34(3)4)27-17-28-29(19-33-30(28)32-18-27)24-10-12-25(13-11-24)31(37)35(5)20-22(2)36/h9-14,16-19,22,36H,6-8,15,20H2,1-5H3,(H,32,33)/t22-/m1/s1. The van der Waals surface area contributed by atoms with Crippen LogP contribution < -0.4 is 0 Å². The number of amides is 1.